The van der Waals surface area contributed by atoms with Crippen molar-refractivity contribution in [3.63, 3.8) is 0 Å². The zero-order valence-corrected chi connectivity index (χ0v) is 15.8. The second kappa shape index (κ2) is 6.61. The maximum atomic E-state index is 13.5. The summed E-state index contributed by atoms with van der Waals surface area (Å²) in [4.78, 5) is 8.64. The smallest absolute Gasteiger partial charge is 0.216 e. The molecule has 1 aromatic carbocycles. The van der Waals surface area contributed by atoms with Crippen molar-refractivity contribution in [3.8, 4) is 0 Å². The van der Waals surface area contributed by atoms with E-state index in [1.165, 1.54) is 12.1 Å². The molecule has 4 aromatic rings. The standard InChI is InChI=1S/C19H17FN6OS/c1-12-11-15(25-24-12)21-18-23-17(22-16-3-2-8-26(16)18)19(27-9-10-28-19)13-4-6-14(20)7-5-13/h2-8,11H,9-10H2,1H3,(H2,21,22,23,24,25). The number of nitrogens with one attached hydrogen (secondary N) is 2. The van der Waals surface area contributed by atoms with Gasteiger partial charge in [-0.2, -0.15) is 10.1 Å². The lowest BCUT2D eigenvalue weighted by atomic mass is 10.1. The third-order valence-electron chi connectivity index (χ3n) is 4.55. The van der Waals surface area contributed by atoms with Crippen LogP contribution in [-0.4, -0.2) is 36.9 Å². The molecule has 1 aliphatic heterocycles. The van der Waals surface area contributed by atoms with Crippen molar-refractivity contribution in [2.24, 2.45) is 0 Å². The second-order valence-electron chi connectivity index (χ2n) is 6.49. The Kier molecular flexibility index (Phi) is 4.06. The van der Waals surface area contributed by atoms with Gasteiger partial charge in [0.05, 0.1) is 6.61 Å². The molecule has 2 N–H and O–H groups in total. The Morgan fingerprint density at radius 2 is 2.11 bits per heavy atom. The van der Waals surface area contributed by atoms with Gasteiger partial charge in [0.2, 0.25) is 5.95 Å². The molecule has 3 aromatic heterocycles. The van der Waals surface area contributed by atoms with E-state index in [-0.39, 0.29) is 5.82 Å². The third kappa shape index (κ3) is 2.83. The predicted octanol–water partition coefficient (Wildman–Crippen LogP) is 3.61. The van der Waals surface area contributed by atoms with Crippen LogP contribution in [0.4, 0.5) is 16.2 Å². The summed E-state index contributed by atoms with van der Waals surface area (Å²) >= 11 is 1.60. The number of hydrogen-bond acceptors (Lipinski definition) is 6. The molecule has 1 saturated heterocycles. The lowest BCUT2D eigenvalue weighted by Crippen LogP contribution is -2.27. The third-order valence-corrected chi connectivity index (χ3v) is 5.86. The van der Waals surface area contributed by atoms with Crippen LogP contribution in [0.15, 0.2) is 48.7 Å². The van der Waals surface area contributed by atoms with E-state index >= 15 is 0 Å². The molecule has 142 valence electrons. The minimum atomic E-state index is -0.877. The number of benzene rings is 1. The van der Waals surface area contributed by atoms with E-state index in [0.29, 0.717) is 24.2 Å². The Morgan fingerprint density at radius 3 is 2.82 bits per heavy atom. The molecule has 9 heteroatoms. The first-order chi connectivity index (χ1) is 13.6. The lowest BCUT2D eigenvalue weighted by molar-refractivity contribution is 0.0742. The Morgan fingerprint density at radius 1 is 1.25 bits per heavy atom. The Balaban J connectivity index is 1.65. The van der Waals surface area contributed by atoms with E-state index in [9.17, 15) is 4.39 Å². The van der Waals surface area contributed by atoms with Crippen molar-refractivity contribution in [1.82, 2.24) is 24.6 Å². The fourth-order valence-corrected chi connectivity index (χ4v) is 4.41. The van der Waals surface area contributed by atoms with Crippen LogP contribution in [0, 0.1) is 12.7 Å². The van der Waals surface area contributed by atoms with E-state index in [1.54, 1.807) is 23.9 Å². The highest BCUT2D eigenvalue weighted by atomic mass is 32.2. The maximum Gasteiger partial charge on any atom is 0.216 e. The average Bonchev–Trinajstić information content (AvgIpc) is 3.43. The fraction of sp³-hybridized carbons (Fsp3) is 0.211. The zero-order chi connectivity index (χ0) is 19.1. The van der Waals surface area contributed by atoms with Crippen molar-refractivity contribution in [2.45, 2.75) is 11.9 Å². The number of aromatic nitrogens is 5. The van der Waals surface area contributed by atoms with Crippen molar-refractivity contribution in [3.05, 3.63) is 71.6 Å². The van der Waals surface area contributed by atoms with E-state index in [1.807, 2.05) is 35.7 Å². The van der Waals surface area contributed by atoms with Gasteiger partial charge in [-0.15, -0.1) is 11.8 Å². The summed E-state index contributed by atoms with van der Waals surface area (Å²) in [6.07, 6.45) is 1.88. The predicted molar refractivity (Wildman–Crippen MR) is 105 cm³/mol. The fourth-order valence-electron chi connectivity index (χ4n) is 3.27. The largest absolute Gasteiger partial charge is 0.352 e. The van der Waals surface area contributed by atoms with Gasteiger partial charge in [-0.3, -0.25) is 9.50 Å². The molecule has 0 bridgehead atoms. The first kappa shape index (κ1) is 17.2. The molecule has 0 saturated carbocycles. The number of fused-ring (bicyclic) bond motifs is 1. The number of aromatic amines is 1. The van der Waals surface area contributed by atoms with Crippen LogP contribution in [-0.2, 0) is 9.67 Å². The van der Waals surface area contributed by atoms with Crippen molar-refractivity contribution in [2.75, 3.05) is 17.7 Å². The summed E-state index contributed by atoms with van der Waals surface area (Å²) in [7, 11) is 0. The van der Waals surface area contributed by atoms with Crippen LogP contribution in [0.3, 0.4) is 0 Å². The lowest BCUT2D eigenvalue weighted by Gasteiger charge is -2.27. The van der Waals surface area contributed by atoms with E-state index in [2.05, 4.69) is 15.5 Å². The number of halogens is 1. The molecule has 1 atom stereocenters. The van der Waals surface area contributed by atoms with Gasteiger partial charge in [0.25, 0.3) is 0 Å². The van der Waals surface area contributed by atoms with Gasteiger partial charge < -0.3 is 10.1 Å². The van der Waals surface area contributed by atoms with Gasteiger partial charge in [0.1, 0.15) is 11.5 Å². The highest BCUT2D eigenvalue weighted by molar-refractivity contribution is 8.00. The zero-order valence-electron chi connectivity index (χ0n) is 15.0. The SMILES string of the molecule is Cc1cc(Nc2nc(C3(c4ccc(F)cc4)OCCS3)nc3cccn23)n[nH]1. The highest BCUT2D eigenvalue weighted by Crippen LogP contribution is 2.46. The van der Waals surface area contributed by atoms with Crippen molar-refractivity contribution in [1.29, 1.82) is 0 Å². The molecule has 1 unspecified atom stereocenters. The van der Waals surface area contributed by atoms with Crippen LogP contribution in [0.5, 0.6) is 0 Å². The second-order valence-corrected chi connectivity index (χ2v) is 7.76. The van der Waals surface area contributed by atoms with E-state index < -0.39 is 4.93 Å². The number of anilines is 2. The van der Waals surface area contributed by atoms with E-state index in [4.69, 9.17) is 14.7 Å². The van der Waals surface area contributed by atoms with Crippen molar-refractivity contribution >= 4 is 29.2 Å². The minimum absolute atomic E-state index is 0.291. The van der Waals surface area contributed by atoms with Crippen LogP contribution in [0.1, 0.15) is 17.1 Å². The first-order valence-corrected chi connectivity index (χ1v) is 9.81. The number of H-pyrrole nitrogens is 1. The topological polar surface area (TPSA) is 80.1 Å². The molecule has 5 rings (SSSR count). The van der Waals surface area contributed by atoms with Gasteiger partial charge in [0, 0.05) is 29.3 Å². The highest BCUT2D eigenvalue weighted by Gasteiger charge is 2.43. The van der Waals surface area contributed by atoms with Crippen LogP contribution < -0.4 is 5.32 Å². The molecule has 28 heavy (non-hydrogen) atoms. The molecular weight excluding hydrogens is 379 g/mol. The van der Waals surface area contributed by atoms with Gasteiger partial charge in [-0.1, -0.05) is 12.1 Å². The quantitative estimate of drug-likeness (QED) is 0.549. The Hall–Kier alpha value is -2.91. The monoisotopic (exact) mass is 396 g/mol. The number of aryl methyl sites for hydroxylation is 1. The average molecular weight is 396 g/mol. The molecule has 0 radical (unpaired) electrons. The molecule has 7 nitrogen and oxygen atoms in total. The summed E-state index contributed by atoms with van der Waals surface area (Å²) in [6.45, 7) is 2.50. The molecular formula is C19H17FN6OS. The van der Waals surface area contributed by atoms with Gasteiger partial charge in [-0.05, 0) is 31.2 Å². The van der Waals surface area contributed by atoms with Crippen LogP contribution >= 0.6 is 11.8 Å². The summed E-state index contributed by atoms with van der Waals surface area (Å²) in [5.41, 5.74) is 2.49. The number of nitrogens with zero attached hydrogens (tertiary/aromatic N) is 4. The maximum absolute atomic E-state index is 13.5. The number of thioether (sulfide) groups is 1. The molecule has 0 spiro atoms. The van der Waals surface area contributed by atoms with Crippen molar-refractivity contribution < 1.29 is 9.13 Å². The number of rotatable bonds is 4. The Labute approximate surface area is 164 Å². The molecule has 0 aliphatic carbocycles. The summed E-state index contributed by atoms with van der Waals surface area (Å²) < 4.78 is 21.5. The van der Waals surface area contributed by atoms with Gasteiger partial charge in [0.15, 0.2) is 16.6 Å². The van der Waals surface area contributed by atoms with Gasteiger partial charge in [-0.25, -0.2) is 9.37 Å². The summed E-state index contributed by atoms with van der Waals surface area (Å²) in [6, 6.07) is 12.0. The summed E-state index contributed by atoms with van der Waals surface area (Å²) in [5.74, 6) is 2.26. The van der Waals surface area contributed by atoms with Gasteiger partial charge >= 0.3 is 0 Å². The Bertz CT molecular complexity index is 1130. The normalized spacial score (nSPS) is 19.4. The molecule has 1 fully saturated rings. The number of hydrogen-bond donors (Lipinski definition) is 2. The van der Waals surface area contributed by atoms with E-state index in [0.717, 1.165) is 22.7 Å². The van der Waals surface area contributed by atoms with Crippen LogP contribution in [0.2, 0.25) is 0 Å². The summed E-state index contributed by atoms with van der Waals surface area (Å²) in [5, 5.41) is 10.4. The first-order valence-electron chi connectivity index (χ1n) is 8.83. The molecule has 4 heterocycles. The van der Waals surface area contributed by atoms with Crippen LogP contribution in [0.25, 0.3) is 5.65 Å². The molecule has 1 aliphatic rings. The number of ether oxygens (including phenoxy) is 1. The minimum Gasteiger partial charge on any atom is -0.352 e. The molecule has 0 amide bonds.